The van der Waals surface area contributed by atoms with Crippen molar-refractivity contribution in [2.24, 2.45) is 0 Å². The highest BCUT2D eigenvalue weighted by atomic mass is 32.1. The van der Waals surface area contributed by atoms with Crippen molar-refractivity contribution >= 4 is 23.1 Å². The highest BCUT2D eigenvalue weighted by Gasteiger charge is 2.32. The minimum atomic E-state index is -0.222. The Morgan fingerprint density at radius 2 is 2.04 bits per heavy atom. The Bertz CT molecular complexity index is 1100. The number of aromatic nitrogens is 2. The summed E-state index contributed by atoms with van der Waals surface area (Å²) in [6, 6.07) is 13.3. The number of hydrogen-bond acceptors (Lipinski definition) is 4. The zero-order valence-electron chi connectivity index (χ0n) is 14.7. The molecular weight excluding hydrogens is 348 g/mol. The summed E-state index contributed by atoms with van der Waals surface area (Å²) in [6.07, 6.45) is 0.856. The molecule has 0 spiro atoms. The Kier molecular flexibility index (Phi) is 4.07. The zero-order chi connectivity index (χ0) is 18.3. The van der Waals surface area contributed by atoms with E-state index in [0.29, 0.717) is 29.1 Å². The molecule has 1 aliphatic rings. The first kappa shape index (κ1) is 16.8. The molecule has 1 aromatic heterocycles. The smallest absolute Gasteiger partial charge is 0.262 e. The normalized spacial score (nSPS) is 14.8. The number of nitrogens with one attached hydrogen (secondary N) is 1. The van der Waals surface area contributed by atoms with Crippen LogP contribution in [-0.4, -0.2) is 21.8 Å². The van der Waals surface area contributed by atoms with E-state index in [4.69, 9.17) is 21.7 Å². The molecule has 0 fully saturated rings. The number of H-pyrrole nitrogens is 1. The predicted octanol–water partition coefficient (Wildman–Crippen LogP) is 3.85. The highest BCUT2D eigenvalue weighted by Crippen LogP contribution is 2.41. The molecule has 6 heteroatoms. The van der Waals surface area contributed by atoms with Gasteiger partial charge in [0.25, 0.3) is 5.56 Å². The quantitative estimate of drug-likeness (QED) is 0.711. The second kappa shape index (κ2) is 6.29. The van der Waals surface area contributed by atoms with Crippen LogP contribution < -0.4 is 15.0 Å². The molecule has 0 saturated carbocycles. The lowest BCUT2D eigenvalue weighted by Crippen LogP contribution is -2.25. The molecule has 2 aromatic carbocycles. The van der Waals surface area contributed by atoms with Crippen molar-refractivity contribution in [2.75, 3.05) is 6.61 Å². The van der Waals surface area contributed by atoms with Crippen LogP contribution in [0.2, 0.25) is 0 Å². The van der Waals surface area contributed by atoms with E-state index in [1.54, 1.807) is 6.07 Å². The average molecular weight is 368 g/mol. The number of nitrogens with zero attached hydrogens (tertiary/aromatic N) is 1. The van der Waals surface area contributed by atoms with Gasteiger partial charge in [-0.15, -0.1) is 0 Å². The van der Waals surface area contributed by atoms with Crippen LogP contribution in [0.15, 0.2) is 47.3 Å². The van der Waals surface area contributed by atoms with Gasteiger partial charge in [0.2, 0.25) is 0 Å². The second-order valence-electron chi connectivity index (χ2n) is 7.06. The van der Waals surface area contributed by atoms with Crippen LogP contribution in [0.3, 0.4) is 0 Å². The summed E-state index contributed by atoms with van der Waals surface area (Å²) in [5, 5.41) is 0.617. The van der Waals surface area contributed by atoms with E-state index in [1.165, 1.54) is 4.57 Å². The maximum atomic E-state index is 12.7. The monoisotopic (exact) mass is 368 g/mol. The van der Waals surface area contributed by atoms with Gasteiger partial charge in [0.15, 0.2) is 16.3 Å². The molecule has 1 aliphatic heterocycles. The van der Waals surface area contributed by atoms with Crippen molar-refractivity contribution in [3.05, 3.63) is 63.2 Å². The maximum Gasteiger partial charge on any atom is 0.262 e. The number of para-hydroxylation sites is 2. The molecule has 4 rings (SSSR count). The molecule has 5 nitrogen and oxygen atoms in total. The lowest BCUT2D eigenvalue weighted by Gasteiger charge is -2.18. The van der Waals surface area contributed by atoms with Crippen LogP contribution in [-0.2, 0) is 13.0 Å². The molecule has 0 radical (unpaired) electrons. The summed E-state index contributed by atoms with van der Waals surface area (Å²) in [7, 11) is 0. The fourth-order valence-corrected chi connectivity index (χ4v) is 3.63. The summed E-state index contributed by atoms with van der Waals surface area (Å²) in [5.74, 6) is 1.50. The molecule has 3 aromatic rings. The molecule has 0 aliphatic carbocycles. The van der Waals surface area contributed by atoms with Crippen LogP contribution in [0.25, 0.3) is 10.9 Å². The van der Waals surface area contributed by atoms with E-state index in [-0.39, 0.29) is 11.2 Å². The van der Waals surface area contributed by atoms with E-state index >= 15 is 0 Å². The van der Waals surface area contributed by atoms with E-state index in [9.17, 15) is 4.79 Å². The zero-order valence-corrected chi connectivity index (χ0v) is 15.6. The van der Waals surface area contributed by atoms with Crippen LogP contribution in [0.4, 0.5) is 0 Å². The Morgan fingerprint density at radius 1 is 1.23 bits per heavy atom. The van der Waals surface area contributed by atoms with Crippen molar-refractivity contribution in [1.29, 1.82) is 0 Å². The third-order valence-electron chi connectivity index (χ3n) is 4.52. The SMILES string of the molecule is CC1(C)Cc2cccc(OCCn3c(=S)[nH]c4ccccc4c3=O)c2O1. The number of aromatic amines is 1. The lowest BCUT2D eigenvalue weighted by atomic mass is 10.0. The van der Waals surface area contributed by atoms with Gasteiger partial charge in [-0.05, 0) is 44.3 Å². The fourth-order valence-electron chi connectivity index (χ4n) is 3.35. The van der Waals surface area contributed by atoms with Crippen LogP contribution in [0.1, 0.15) is 19.4 Å². The summed E-state index contributed by atoms with van der Waals surface area (Å²) in [6.45, 7) is 4.82. The van der Waals surface area contributed by atoms with Crippen LogP contribution in [0, 0.1) is 4.77 Å². The standard InChI is InChI=1S/C20H20N2O3S/c1-20(2)12-13-6-5-9-16(17(13)25-20)24-11-10-22-18(23)14-7-3-4-8-15(14)21-19(22)26/h3-9H,10-12H2,1-2H3,(H,21,26). The van der Waals surface area contributed by atoms with Gasteiger partial charge >= 0.3 is 0 Å². The Morgan fingerprint density at radius 3 is 2.88 bits per heavy atom. The number of hydrogen-bond donors (Lipinski definition) is 1. The highest BCUT2D eigenvalue weighted by molar-refractivity contribution is 7.71. The first-order valence-electron chi connectivity index (χ1n) is 8.60. The van der Waals surface area contributed by atoms with Crippen molar-refractivity contribution in [3.8, 4) is 11.5 Å². The van der Waals surface area contributed by atoms with Gasteiger partial charge in [-0.1, -0.05) is 24.3 Å². The van der Waals surface area contributed by atoms with Crippen LogP contribution >= 0.6 is 12.2 Å². The Hall–Kier alpha value is -2.60. The Balaban J connectivity index is 1.56. The van der Waals surface area contributed by atoms with Crippen molar-refractivity contribution in [2.45, 2.75) is 32.4 Å². The maximum absolute atomic E-state index is 12.7. The van der Waals surface area contributed by atoms with Gasteiger partial charge in [0.05, 0.1) is 17.4 Å². The molecule has 2 heterocycles. The summed E-state index contributed by atoms with van der Waals surface area (Å²) < 4.78 is 13.9. The molecule has 134 valence electrons. The molecular formula is C20H20N2O3S. The Labute approximate surface area is 156 Å². The molecule has 26 heavy (non-hydrogen) atoms. The predicted molar refractivity (Wildman–Crippen MR) is 104 cm³/mol. The molecule has 0 saturated heterocycles. The largest absolute Gasteiger partial charge is 0.488 e. The number of fused-ring (bicyclic) bond motifs is 2. The van der Waals surface area contributed by atoms with Gasteiger partial charge in [-0.2, -0.15) is 0 Å². The van der Waals surface area contributed by atoms with E-state index < -0.39 is 0 Å². The van der Waals surface area contributed by atoms with Gasteiger partial charge in [0, 0.05) is 12.0 Å². The molecule has 0 atom stereocenters. The molecule has 0 amide bonds. The number of benzene rings is 2. The molecule has 0 bridgehead atoms. The average Bonchev–Trinajstić information content (AvgIpc) is 2.92. The van der Waals surface area contributed by atoms with E-state index in [2.05, 4.69) is 24.9 Å². The van der Waals surface area contributed by atoms with E-state index in [0.717, 1.165) is 23.3 Å². The number of ether oxygens (including phenoxy) is 2. The first-order chi connectivity index (χ1) is 12.4. The van der Waals surface area contributed by atoms with Crippen LogP contribution in [0.5, 0.6) is 11.5 Å². The minimum Gasteiger partial charge on any atom is -0.488 e. The summed E-state index contributed by atoms with van der Waals surface area (Å²) in [5.41, 5.74) is 1.56. The van der Waals surface area contributed by atoms with Gasteiger partial charge in [-0.25, -0.2) is 0 Å². The number of rotatable bonds is 4. The van der Waals surface area contributed by atoms with E-state index in [1.807, 2.05) is 30.3 Å². The molecule has 0 unspecified atom stereocenters. The lowest BCUT2D eigenvalue weighted by molar-refractivity contribution is 0.131. The third-order valence-corrected chi connectivity index (χ3v) is 4.84. The topological polar surface area (TPSA) is 56.2 Å². The fraction of sp³-hybridized carbons (Fsp3) is 0.300. The van der Waals surface area contributed by atoms with Gasteiger partial charge in [-0.3, -0.25) is 9.36 Å². The van der Waals surface area contributed by atoms with Crippen molar-refractivity contribution in [1.82, 2.24) is 9.55 Å². The summed E-state index contributed by atoms with van der Waals surface area (Å²) >= 11 is 5.33. The van der Waals surface area contributed by atoms with Gasteiger partial charge in [0.1, 0.15) is 12.2 Å². The first-order valence-corrected chi connectivity index (χ1v) is 9.01. The summed E-state index contributed by atoms with van der Waals surface area (Å²) in [4.78, 5) is 15.8. The van der Waals surface area contributed by atoms with Gasteiger partial charge < -0.3 is 14.5 Å². The minimum absolute atomic E-state index is 0.108. The van der Waals surface area contributed by atoms with Crippen molar-refractivity contribution < 1.29 is 9.47 Å². The van der Waals surface area contributed by atoms with Crippen molar-refractivity contribution in [3.63, 3.8) is 0 Å². The third kappa shape index (κ3) is 3.01. The second-order valence-corrected chi connectivity index (χ2v) is 7.45. The molecule has 1 N–H and O–H groups in total.